The number of rotatable bonds is 7. The van der Waals surface area contributed by atoms with Gasteiger partial charge in [-0.2, -0.15) is 0 Å². The highest BCUT2D eigenvalue weighted by Gasteiger charge is 2.37. The standard InChI is InChI=1S/C19H38O2Si/c1-15(13-18(20)17-11-9-8-10-12-17)16(2)14-21-22(6,7)19(3,4)5/h16-18,20H,1,8-14H2,2-7H3/t16-,18-/m1/s1. The van der Waals surface area contributed by atoms with Crippen LogP contribution in [0, 0.1) is 11.8 Å². The fraction of sp³-hybridized carbons (Fsp3) is 0.895. The SMILES string of the molecule is C=C(C[C@@H](O)C1CCCCC1)[C@H](C)CO[Si](C)(C)C(C)(C)C. The van der Waals surface area contributed by atoms with E-state index >= 15 is 0 Å². The van der Waals surface area contributed by atoms with Crippen LogP contribution >= 0.6 is 0 Å². The normalized spacial score (nSPS) is 20.7. The molecule has 130 valence electrons. The zero-order valence-electron chi connectivity index (χ0n) is 15.7. The molecular formula is C19H38O2Si. The van der Waals surface area contributed by atoms with Crippen LogP contribution in [0.2, 0.25) is 18.1 Å². The lowest BCUT2D eigenvalue weighted by Gasteiger charge is -2.37. The predicted molar refractivity (Wildman–Crippen MR) is 98.7 cm³/mol. The van der Waals surface area contributed by atoms with Crippen molar-refractivity contribution in [2.75, 3.05) is 6.61 Å². The van der Waals surface area contributed by atoms with Crippen LogP contribution in [0.4, 0.5) is 0 Å². The maximum Gasteiger partial charge on any atom is 0.192 e. The van der Waals surface area contributed by atoms with Gasteiger partial charge >= 0.3 is 0 Å². The molecule has 1 N–H and O–H groups in total. The van der Waals surface area contributed by atoms with Crippen LogP contribution in [0.3, 0.4) is 0 Å². The molecule has 0 aliphatic heterocycles. The Bertz CT molecular complexity index is 351. The van der Waals surface area contributed by atoms with Gasteiger partial charge in [0.25, 0.3) is 0 Å². The van der Waals surface area contributed by atoms with Gasteiger partial charge in [0.2, 0.25) is 0 Å². The van der Waals surface area contributed by atoms with Gasteiger partial charge in [-0.05, 0) is 49.2 Å². The molecule has 0 heterocycles. The second kappa shape index (κ2) is 8.12. The molecule has 0 radical (unpaired) electrons. The summed E-state index contributed by atoms with van der Waals surface area (Å²) in [6, 6.07) is 0. The van der Waals surface area contributed by atoms with Crippen LogP contribution < -0.4 is 0 Å². The molecule has 1 fully saturated rings. The highest BCUT2D eigenvalue weighted by atomic mass is 28.4. The van der Waals surface area contributed by atoms with Crippen LogP contribution in [-0.4, -0.2) is 26.1 Å². The Morgan fingerprint density at radius 3 is 2.27 bits per heavy atom. The maximum absolute atomic E-state index is 10.5. The first-order valence-corrected chi connectivity index (χ1v) is 11.9. The van der Waals surface area contributed by atoms with Gasteiger partial charge in [0.1, 0.15) is 0 Å². The van der Waals surface area contributed by atoms with Crippen molar-refractivity contribution in [2.45, 2.75) is 90.5 Å². The van der Waals surface area contributed by atoms with E-state index in [1.54, 1.807) is 0 Å². The van der Waals surface area contributed by atoms with Crippen LogP contribution in [0.1, 0.15) is 66.2 Å². The van der Waals surface area contributed by atoms with Gasteiger partial charge in [-0.3, -0.25) is 0 Å². The molecule has 2 nitrogen and oxygen atoms in total. The van der Waals surface area contributed by atoms with Crippen molar-refractivity contribution in [3.8, 4) is 0 Å². The van der Waals surface area contributed by atoms with Gasteiger partial charge in [-0.15, -0.1) is 0 Å². The van der Waals surface area contributed by atoms with Gasteiger partial charge in [-0.1, -0.05) is 59.1 Å². The van der Waals surface area contributed by atoms with Gasteiger partial charge in [0.15, 0.2) is 8.32 Å². The van der Waals surface area contributed by atoms with E-state index in [-0.39, 0.29) is 11.1 Å². The lowest BCUT2D eigenvalue weighted by molar-refractivity contribution is 0.0820. The summed E-state index contributed by atoms with van der Waals surface area (Å²) in [7, 11) is -1.69. The predicted octanol–water partition coefficient (Wildman–Crippen LogP) is 5.53. The Kier molecular flexibility index (Phi) is 7.35. The first kappa shape index (κ1) is 19.9. The Hall–Kier alpha value is -0.123. The monoisotopic (exact) mass is 326 g/mol. The van der Waals surface area contributed by atoms with Crippen LogP contribution in [0.5, 0.6) is 0 Å². The lowest BCUT2D eigenvalue weighted by atomic mass is 9.82. The van der Waals surface area contributed by atoms with E-state index in [4.69, 9.17) is 4.43 Å². The molecule has 0 aromatic rings. The molecule has 3 heteroatoms. The quantitative estimate of drug-likeness (QED) is 0.492. The van der Waals surface area contributed by atoms with Crippen LogP contribution in [-0.2, 0) is 4.43 Å². The summed E-state index contributed by atoms with van der Waals surface area (Å²) in [5, 5.41) is 10.7. The molecule has 0 amide bonds. The Morgan fingerprint density at radius 2 is 1.77 bits per heavy atom. The van der Waals surface area contributed by atoms with E-state index in [0.29, 0.717) is 11.8 Å². The molecule has 1 aliphatic carbocycles. The molecule has 1 aliphatic rings. The maximum atomic E-state index is 10.5. The van der Waals surface area contributed by atoms with E-state index in [1.165, 1.54) is 32.1 Å². The van der Waals surface area contributed by atoms with E-state index in [9.17, 15) is 5.11 Å². The topological polar surface area (TPSA) is 29.5 Å². The molecule has 2 atom stereocenters. The fourth-order valence-corrected chi connectivity index (χ4v) is 3.92. The zero-order chi connectivity index (χ0) is 17.0. The van der Waals surface area contributed by atoms with Crippen molar-refractivity contribution < 1.29 is 9.53 Å². The van der Waals surface area contributed by atoms with Crippen molar-refractivity contribution in [1.29, 1.82) is 0 Å². The summed E-state index contributed by atoms with van der Waals surface area (Å²) in [5.74, 6) is 0.811. The molecule has 0 spiro atoms. The van der Waals surface area contributed by atoms with Crippen molar-refractivity contribution in [3.05, 3.63) is 12.2 Å². The van der Waals surface area contributed by atoms with Crippen LogP contribution in [0.15, 0.2) is 12.2 Å². The van der Waals surface area contributed by atoms with Crippen molar-refractivity contribution in [2.24, 2.45) is 11.8 Å². The highest BCUT2D eigenvalue weighted by Crippen LogP contribution is 2.37. The van der Waals surface area contributed by atoms with Gasteiger partial charge in [-0.25, -0.2) is 0 Å². The molecule has 22 heavy (non-hydrogen) atoms. The van der Waals surface area contributed by atoms with Crippen molar-refractivity contribution >= 4 is 8.32 Å². The third-order valence-electron chi connectivity index (χ3n) is 5.86. The summed E-state index contributed by atoms with van der Waals surface area (Å²) in [6.45, 7) is 18.5. The van der Waals surface area contributed by atoms with Gasteiger partial charge in [0.05, 0.1) is 6.10 Å². The van der Waals surface area contributed by atoms with E-state index < -0.39 is 8.32 Å². The van der Waals surface area contributed by atoms with Gasteiger partial charge in [0, 0.05) is 6.61 Å². The second-order valence-corrected chi connectivity index (χ2v) is 13.6. The minimum absolute atomic E-state index is 0.205. The molecule has 0 aromatic heterocycles. The number of hydrogen-bond donors (Lipinski definition) is 1. The average molecular weight is 327 g/mol. The number of hydrogen-bond acceptors (Lipinski definition) is 2. The first-order chi connectivity index (χ1) is 10.0. The third-order valence-corrected chi connectivity index (χ3v) is 10.4. The molecule has 0 saturated heterocycles. The van der Waals surface area contributed by atoms with Crippen molar-refractivity contribution in [3.63, 3.8) is 0 Å². The highest BCUT2D eigenvalue weighted by molar-refractivity contribution is 6.74. The summed E-state index contributed by atoms with van der Waals surface area (Å²) >= 11 is 0. The summed E-state index contributed by atoms with van der Waals surface area (Å²) in [4.78, 5) is 0. The summed E-state index contributed by atoms with van der Waals surface area (Å²) in [6.07, 6.45) is 6.79. The second-order valence-electron chi connectivity index (χ2n) is 8.80. The Balaban J connectivity index is 2.41. The smallest absolute Gasteiger partial charge is 0.192 e. The Labute approximate surface area is 139 Å². The molecular weight excluding hydrogens is 288 g/mol. The summed E-state index contributed by atoms with van der Waals surface area (Å²) < 4.78 is 6.30. The largest absolute Gasteiger partial charge is 0.416 e. The molecule has 1 saturated carbocycles. The Morgan fingerprint density at radius 1 is 1.23 bits per heavy atom. The molecule has 0 aromatic carbocycles. The zero-order valence-corrected chi connectivity index (χ0v) is 16.7. The molecule has 0 bridgehead atoms. The lowest BCUT2D eigenvalue weighted by Crippen LogP contribution is -2.42. The third kappa shape index (κ3) is 5.82. The molecule has 0 unspecified atom stereocenters. The van der Waals surface area contributed by atoms with Gasteiger partial charge < -0.3 is 9.53 Å². The first-order valence-electron chi connectivity index (χ1n) is 9.04. The molecule has 1 rings (SSSR count). The number of aliphatic hydroxyl groups excluding tert-OH is 1. The fourth-order valence-electron chi connectivity index (χ4n) is 2.82. The minimum atomic E-state index is -1.69. The average Bonchev–Trinajstić information content (AvgIpc) is 2.44. The number of aliphatic hydroxyl groups is 1. The van der Waals surface area contributed by atoms with Crippen molar-refractivity contribution in [1.82, 2.24) is 0 Å². The minimum Gasteiger partial charge on any atom is -0.416 e. The van der Waals surface area contributed by atoms with Crippen LogP contribution in [0.25, 0.3) is 0 Å². The summed E-state index contributed by atoms with van der Waals surface area (Å²) in [5.41, 5.74) is 1.15. The van der Waals surface area contributed by atoms with E-state index in [0.717, 1.165) is 18.6 Å². The van der Waals surface area contributed by atoms with E-state index in [2.05, 4.69) is 47.4 Å². The van der Waals surface area contributed by atoms with E-state index in [1.807, 2.05) is 0 Å².